The Morgan fingerprint density at radius 3 is 2.62 bits per heavy atom. The molecule has 0 aliphatic rings. The SMILES string of the molecule is CNCc1sc(Cc2ccc(F)cc2Cl)nc1C(F)(F)F. The Balaban J connectivity index is 2.32. The van der Waals surface area contributed by atoms with Crippen molar-refractivity contribution in [3.8, 4) is 0 Å². The standard InChI is InChI=1S/C13H11ClF4N2S/c1-19-6-10-12(13(16,17)18)20-11(21-10)4-7-2-3-8(15)5-9(7)14/h2-3,5,19H,4,6H2,1H3. The highest BCUT2D eigenvalue weighted by atomic mass is 35.5. The average molecular weight is 339 g/mol. The molecule has 8 heteroatoms. The largest absolute Gasteiger partial charge is 0.434 e. The van der Waals surface area contributed by atoms with E-state index in [-0.39, 0.29) is 22.9 Å². The first-order valence-electron chi connectivity index (χ1n) is 5.95. The van der Waals surface area contributed by atoms with Gasteiger partial charge in [-0.3, -0.25) is 0 Å². The van der Waals surface area contributed by atoms with Crippen molar-refractivity contribution in [2.75, 3.05) is 7.05 Å². The van der Waals surface area contributed by atoms with E-state index in [0.717, 1.165) is 17.4 Å². The van der Waals surface area contributed by atoms with Crippen molar-refractivity contribution in [2.24, 2.45) is 0 Å². The number of benzene rings is 1. The number of hydrogen-bond donors (Lipinski definition) is 1. The Bertz CT molecular complexity index is 640. The van der Waals surface area contributed by atoms with Crippen LogP contribution in [0.4, 0.5) is 17.6 Å². The minimum absolute atomic E-state index is 0.0870. The molecule has 2 aromatic rings. The van der Waals surface area contributed by atoms with Gasteiger partial charge in [-0.2, -0.15) is 13.2 Å². The van der Waals surface area contributed by atoms with Crippen LogP contribution in [0, 0.1) is 5.82 Å². The van der Waals surface area contributed by atoms with E-state index in [4.69, 9.17) is 11.6 Å². The molecule has 0 atom stereocenters. The van der Waals surface area contributed by atoms with Crippen molar-refractivity contribution in [3.05, 3.63) is 50.2 Å². The van der Waals surface area contributed by atoms with Crippen LogP contribution in [0.2, 0.25) is 5.02 Å². The third-order valence-corrected chi connectivity index (χ3v) is 4.11. The predicted molar refractivity (Wildman–Crippen MR) is 74.1 cm³/mol. The van der Waals surface area contributed by atoms with Gasteiger partial charge in [0.15, 0.2) is 5.69 Å². The fourth-order valence-electron chi connectivity index (χ4n) is 1.81. The number of aromatic nitrogens is 1. The number of halogens is 5. The summed E-state index contributed by atoms with van der Waals surface area (Å²) in [5, 5.41) is 3.15. The molecule has 114 valence electrons. The fourth-order valence-corrected chi connectivity index (χ4v) is 3.16. The Kier molecular flexibility index (Phi) is 4.85. The molecule has 0 radical (unpaired) electrons. The summed E-state index contributed by atoms with van der Waals surface area (Å²) in [6, 6.07) is 3.79. The smallest absolute Gasteiger partial charge is 0.315 e. The van der Waals surface area contributed by atoms with Gasteiger partial charge in [-0.25, -0.2) is 9.37 Å². The van der Waals surface area contributed by atoms with Crippen LogP contribution in [0.3, 0.4) is 0 Å². The quantitative estimate of drug-likeness (QED) is 0.842. The molecule has 21 heavy (non-hydrogen) atoms. The van der Waals surface area contributed by atoms with E-state index in [9.17, 15) is 17.6 Å². The van der Waals surface area contributed by atoms with Crippen molar-refractivity contribution in [3.63, 3.8) is 0 Å². The second-order valence-electron chi connectivity index (χ2n) is 4.32. The third-order valence-electron chi connectivity index (χ3n) is 2.70. The Hall–Kier alpha value is -1.18. The molecule has 0 amide bonds. The zero-order valence-corrected chi connectivity index (χ0v) is 12.5. The van der Waals surface area contributed by atoms with Crippen molar-refractivity contribution < 1.29 is 17.6 Å². The molecule has 0 aliphatic carbocycles. The molecule has 0 fully saturated rings. The maximum Gasteiger partial charge on any atom is 0.434 e. The Morgan fingerprint density at radius 2 is 2.05 bits per heavy atom. The van der Waals surface area contributed by atoms with E-state index in [2.05, 4.69) is 10.3 Å². The minimum Gasteiger partial charge on any atom is -0.315 e. The maximum absolute atomic E-state index is 13.0. The van der Waals surface area contributed by atoms with E-state index in [0.29, 0.717) is 10.6 Å². The van der Waals surface area contributed by atoms with E-state index in [1.165, 1.54) is 12.1 Å². The summed E-state index contributed by atoms with van der Waals surface area (Å²) in [5.74, 6) is -0.491. The molecule has 1 aromatic heterocycles. The lowest BCUT2D eigenvalue weighted by Crippen LogP contribution is -2.12. The van der Waals surface area contributed by atoms with E-state index >= 15 is 0 Å². The molecular formula is C13H11ClF4N2S. The second-order valence-corrected chi connectivity index (χ2v) is 5.90. The third kappa shape index (κ3) is 3.93. The first-order chi connectivity index (χ1) is 9.81. The van der Waals surface area contributed by atoms with Gasteiger partial charge in [-0.1, -0.05) is 17.7 Å². The molecule has 2 rings (SSSR count). The summed E-state index contributed by atoms with van der Waals surface area (Å²) in [6.07, 6.45) is -4.36. The van der Waals surface area contributed by atoms with Crippen LogP contribution in [-0.4, -0.2) is 12.0 Å². The molecule has 0 unspecified atom stereocenters. The normalized spacial score (nSPS) is 11.9. The summed E-state index contributed by atoms with van der Waals surface area (Å²) in [5.41, 5.74) is -0.341. The fraction of sp³-hybridized carbons (Fsp3) is 0.308. The number of nitrogens with one attached hydrogen (secondary N) is 1. The van der Waals surface area contributed by atoms with Crippen LogP contribution in [0.25, 0.3) is 0 Å². The lowest BCUT2D eigenvalue weighted by molar-refractivity contribution is -0.141. The van der Waals surface area contributed by atoms with Crippen LogP contribution >= 0.6 is 22.9 Å². The summed E-state index contributed by atoms with van der Waals surface area (Å²) in [6.45, 7) is 0.0870. The van der Waals surface area contributed by atoms with Gasteiger partial charge in [-0.15, -0.1) is 11.3 Å². The average Bonchev–Trinajstić information content (AvgIpc) is 2.76. The van der Waals surface area contributed by atoms with E-state index < -0.39 is 17.7 Å². The lowest BCUT2D eigenvalue weighted by atomic mass is 10.1. The van der Waals surface area contributed by atoms with Crippen LogP contribution in [-0.2, 0) is 19.1 Å². The van der Waals surface area contributed by atoms with Gasteiger partial charge in [0.2, 0.25) is 0 Å². The molecule has 1 aromatic carbocycles. The van der Waals surface area contributed by atoms with Gasteiger partial charge in [0, 0.05) is 18.0 Å². The Morgan fingerprint density at radius 1 is 1.33 bits per heavy atom. The zero-order valence-electron chi connectivity index (χ0n) is 10.9. The van der Waals surface area contributed by atoms with Gasteiger partial charge in [0.1, 0.15) is 5.82 Å². The maximum atomic E-state index is 13.0. The minimum atomic E-state index is -4.49. The molecule has 0 aliphatic heterocycles. The number of hydrogen-bond acceptors (Lipinski definition) is 3. The number of alkyl halides is 3. The molecule has 0 bridgehead atoms. The van der Waals surface area contributed by atoms with Crippen molar-refractivity contribution in [2.45, 2.75) is 19.1 Å². The van der Waals surface area contributed by atoms with Crippen LogP contribution in [0.5, 0.6) is 0 Å². The van der Waals surface area contributed by atoms with Crippen LogP contribution < -0.4 is 5.32 Å². The summed E-state index contributed by atoms with van der Waals surface area (Å²) < 4.78 is 51.6. The number of nitrogens with zero attached hydrogens (tertiary/aromatic N) is 1. The summed E-state index contributed by atoms with van der Waals surface area (Å²) >= 11 is 6.85. The molecule has 0 spiro atoms. The summed E-state index contributed by atoms with van der Waals surface area (Å²) in [7, 11) is 1.57. The van der Waals surface area contributed by atoms with Gasteiger partial charge in [0.25, 0.3) is 0 Å². The predicted octanol–water partition coefficient (Wildman–Crippen LogP) is 4.26. The topological polar surface area (TPSA) is 24.9 Å². The van der Waals surface area contributed by atoms with Gasteiger partial charge >= 0.3 is 6.18 Å². The molecule has 0 saturated heterocycles. The lowest BCUT2D eigenvalue weighted by Gasteiger charge is -2.05. The van der Waals surface area contributed by atoms with Crippen molar-refractivity contribution in [1.82, 2.24) is 10.3 Å². The van der Waals surface area contributed by atoms with E-state index in [1.807, 2.05) is 0 Å². The van der Waals surface area contributed by atoms with Crippen molar-refractivity contribution >= 4 is 22.9 Å². The number of thiazole rings is 1. The zero-order chi connectivity index (χ0) is 15.6. The highest BCUT2D eigenvalue weighted by Crippen LogP contribution is 2.35. The van der Waals surface area contributed by atoms with Crippen molar-refractivity contribution in [1.29, 1.82) is 0 Å². The molecular weight excluding hydrogens is 328 g/mol. The Labute approximate surface area is 127 Å². The highest BCUT2D eigenvalue weighted by Gasteiger charge is 2.37. The highest BCUT2D eigenvalue weighted by molar-refractivity contribution is 7.11. The van der Waals surface area contributed by atoms with Gasteiger partial charge in [0.05, 0.1) is 9.88 Å². The van der Waals surface area contributed by atoms with Crippen LogP contribution in [0.15, 0.2) is 18.2 Å². The summed E-state index contributed by atoms with van der Waals surface area (Å²) in [4.78, 5) is 3.78. The molecule has 0 saturated carbocycles. The molecule has 1 N–H and O–H groups in total. The first kappa shape index (κ1) is 16.2. The molecule has 1 heterocycles. The van der Waals surface area contributed by atoms with Gasteiger partial charge in [-0.05, 0) is 24.7 Å². The first-order valence-corrected chi connectivity index (χ1v) is 7.15. The van der Waals surface area contributed by atoms with Crippen LogP contribution in [0.1, 0.15) is 21.1 Å². The number of rotatable bonds is 4. The second kappa shape index (κ2) is 6.29. The van der Waals surface area contributed by atoms with Gasteiger partial charge < -0.3 is 5.32 Å². The monoisotopic (exact) mass is 338 g/mol. The molecule has 2 nitrogen and oxygen atoms in total. The van der Waals surface area contributed by atoms with E-state index in [1.54, 1.807) is 7.05 Å².